The first-order chi connectivity index (χ1) is 13.4. The number of nitrogens with one attached hydrogen (secondary N) is 1. The summed E-state index contributed by atoms with van der Waals surface area (Å²) in [6, 6.07) is 14.5. The van der Waals surface area contributed by atoms with Crippen molar-refractivity contribution in [3.8, 4) is 5.75 Å². The van der Waals surface area contributed by atoms with E-state index in [1.54, 1.807) is 19.2 Å². The number of benzene rings is 2. The Morgan fingerprint density at radius 1 is 1.18 bits per heavy atom. The van der Waals surface area contributed by atoms with Gasteiger partial charge in [-0.2, -0.15) is 0 Å². The van der Waals surface area contributed by atoms with Gasteiger partial charge in [-0.1, -0.05) is 24.3 Å². The van der Waals surface area contributed by atoms with Gasteiger partial charge in [-0.25, -0.2) is 9.18 Å². The monoisotopic (exact) mass is 383 g/mol. The summed E-state index contributed by atoms with van der Waals surface area (Å²) in [6.07, 6.45) is 1.53. The van der Waals surface area contributed by atoms with Crippen LogP contribution in [0.5, 0.6) is 5.75 Å². The minimum atomic E-state index is -0.264. The summed E-state index contributed by atoms with van der Waals surface area (Å²) < 4.78 is 19.0. The lowest BCUT2D eigenvalue weighted by Gasteiger charge is -2.57. The summed E-state index contributed by atoms with van der Waals surface area (Å²) in [5.74, 6) is 0.576. The first-order valence-corrected chi connectivity index (χ1v) is 9.49. The van der Waals surface area contributed by atoms with Gasteiger partial charge in [0, 0.05) is 13.1 Å². The number of rotatable bonds is 5. The highest BCUT2D eigenvalue weighted by Crippen LogP contribution is 2.53. The van der Waals surface area contributed by atoms with Crippen LogP contribution in [0.15, 0.2) is 48.5 Å². The minimum absolute atomic E-state index is 0.0394. The average Bonchev–Trinajstić information content (AvgIpc) is 2.97. The van der Waals surface area contributed by atoms with Gasteiger partial charge >= 0.3 is 6.03 Å². The van der Waals surface area contributed by atoms with Crippen molar-refractivity contribution in [3.05, 3.63) is 65.5 Å². The van der Waals surface area contributed by atoms with Crippen LogP contribution in [-0.2, 0) is 12.1 Å². The van der Waals surface area contributed by atoms with Gasteiger partial charge in [0.1, 0.15) is 11.6 Å². The third-order valence-electron chi connectivity index (χ3n) is 6.17. The molecule has 1 aliphatic carbocycles. The number of amides is 2. The second kappa shape index (κ2) is 6.78. The van der Waals surface area contributed by atoms with Crippen molar-refractivity contribution in [2.24, 2.45) is 0 Å². The highest BCUT2D eigenvalue weighted by Gasteiger charge is 2.60. The van der Waals surface area contributed by atoms with Gasteiger partial charge in [-0.05, 0) is 62.3 Å². The molecule has 0 bridgehead atoms. The van der Waals surface area contributed by atoms with Crippen LogP contribution in [0.3, 0.4) is 0 Å². The van der Waals surface area contributed by atoms with Crippen LogP contribution in [0.2, 0.25) is 0 Å². The van der Waals surface area contributed by atoms with Crippen molar-refractivity contribution >= 4 is 6.03 Å². The van der Waals surface area contributed by atoms with Crippen molar-refractivity contribution in [1.82, 2.24) is 15.1 Å². The fraction of sp³-hybridized carbons (Fsp3) is 0.409. The van der Waals surface area contributed by atoms with Crippen molar-refractivity contribution in [2.45, 2.75) is 30.5 Å². The van der Waals surface area contributed by atoms with Gasteiger partial charge in [0.15, 0.2) is 0 Å². The van der Waals surface area contributed by atoms with E-state index in [2.05, 4.69) is 10.2 Å². The van der Waals surface area contributed by atoms with Crippen molar-refractivity contribution in [2.75, 3.05) is 27.7 Å². The lowest BCUT2D eigenvalue weighted by Crippen LogP contribution is -2.66. The molecule has 0 radical (unpaired) electrons. The molecule has 1 saturated carbocycles. The molecule has 0 aromatic heterocycles. The number of hydrogen-bond donors (Lipinski definition) is 1. The van der Waals surface area contributed by atoms with E-state index in [1.807, 2.05) is 49.3 Å². The molecule has 1 heterocycles. The van der Waals surface area contributed by atoms with Crippen LogP contribution in [0.1, 0.15) is 24.0 Å². The number of methoxy groups -OCH3 is 1. The molecule has 1 spiro atoms. The van der Waals surface area contributed by atoms with E-state index in [-0.39, 0.29) is 22.9 Å². The maximum Gasteiger partial charge on any atom is 0.318 e. The molecule has 0 atom stereocenters. The van der Waals surface area contributed by atoms with Crippen LogP contribution in [0, 0.1) is 5.82 Å². The molecule has 2 amide bonds. The Bertz CT molecular complexity index is 876. The van der Waals surface area contributed by atoms with Crippen LogP contribution < -0.4 is 10.1 Å². The summed E-state index contributed by atoms with van der Waals surface area (Å²) in [5, 5.41) is 3.20. The van der Waals surface area contributed by atoms with Gasteiger partial charge in [0.05, 0.1) is 18.2 Å². The van der Waals surface area contributed by atoms with E-state index < -0.39 is 0 Å². The highest BCUT2D eigenvalue weighted by atomic mass is 19.1. The average molecular weight is 383 g/mol. The quantitative estimate of drug-likeness (QED) is 0.861. The molecule has 0 unspecified atom stereocenters. The van der Waals surface area contributed by atoms with Crippen LogP contribution >= 0.6 is 0 Å². The first-order valence-electron chi connectivity index (χ1n) is 9.49. The number of ether oxygens (including phenoxy) is 1. The maximum absolute atomic E-state index is 13.8. The molecule has 1 aliphatic heterocycles. The molecule has 2 fully saturated rings. The molecule has 2 aromatic carbocycles. The van der Waals surface area contributed by atoms with Crippen molar-refractivity contribution < 1.29 is 13.9 Å². The Morgan fingerprint density at radius 3 is 2.50 bits per heavy atom. The van der Waals surface area contributed by atoms with E-state index in [4.69, 9.17) is 4.74 Å². The van der Waals surface area contributed by atoms with Crippen LogP contribution in [0.4, 0.5) is 9.18 Å². The van der Waals surface area contributed by atoms with Gasteiger partial charge < -0.3 is 15.0 Å². The lowest BCUT2D eigenvalue weighted by atomic mass is 9.59. The zero-order valence-corrected chi connectivity index (χ0v) is 16.5. The Kier molecular flexibility index (Phi) is 4.54. The lowest BCUT2D eigenvalue weighted by molar-refractivity contribution is -0.0233. The molecular weight excluding hydrogens is 357 g/mol. The van der Waals surface area contributed by atoms with E-state index in [9.17, 15) is 9.18 Å². The molecule has 4 rings (SSSR count). The first kappa shape index (κ1) is 18.7. The molecule has 28 heavy (non-hydrogen) atoms. The summed E-state index contributed by atoms with van der Waals surface area (Å²) in [4.78, 5) is 16.6. The molecule has 1 N–H and O–H groups in total. The molecule has 2 aromatic rings. The number of carbonyl (C=O) groups excluding carboxylic acids is 1. The normalized spacial score (nSPS) is 26.5. The van der Waals surface area contributed by atoms with Crippen LogP contribution in [-0.4, -0.2) is 49.1 Å². The summed E-state index contributed by atoms with van der Waals surface area (Å²) in [5.41, 5.74) is 1.51. The maximum atomic E-state index is 13.8. The number of hydrogen-bond acceptors (Lipinski definition) is 3. The summed E-state index contributed by atoms with van der Waals surface area (Å²) in [6.45, 7) is 1.22. The predicted octanol–water partition coefficient (Wildman–Crippen LogP) is 3.35. The number of nitrogens with zero attached hydrogens (tertiary/aromatic N) is 2. The molecule has 1 saturated heterocycles. The van der Waals surface area contributed by atoms with E-state index in [0.717, 1.165) is 29.7 Å². The Morgan fingerprint density at radius 2 is 1.89 bits per heavy atom. The zero-order chi connectivity index (χ0) is 19.9. The zero-order valence-electron chi connectivity index (χ0n) is 16.5. The number of halogens is 1. The molecular formula is C22H26FN3O2. The topological polar surface area (TPSA) is 44.8 Å². The van der Waals surface area contributed by atoms with Crippen molar-refractivity contribution in [3.63, 3.8) is 0 Å². The van der Waals surface area contributed by atoms with Crippen LogP contribution in [0.25, 0.3) is 0 Å². The van der Waals surface area contributed by atoms with Gasteiger partial charge in [0.25, 0.3) is 0 Å². The highest BCUT2D eigenvalue weighted by molar-refractivity contribution is 5.78. The predicted molar refractivity (Wildman–Crippen MR) is 106 cm³/mol. The molecule has 6 heteroatoms. The van der Waals surface area contributed by atoms with Gasteiger partial charge in [0.2, 0.25) is 0 Å². The van der Waals surface area contributed by atoms with Gasteiger partial charge in [-0.3, -0.25) is 4.90 Å². The molecule has 2 aliphatic rings. The third-order valence-corrected chi connectivity index (χ3v) is 6.17. The second-order valence-corrected chi connectivity index (χ2v) is 8.20. The van der Waals surface area contributed by atoms with E-state index in [0.29, 0.717) is 13.1 Å². The number of carbonyl (C=O) groups is 1. The van der Waals surface area contributed by atoms with Gasteiger partial charge in [-0.15, -0.1) is 0 Å². The smallest absolute Gasteiger partial charge is 0.318 e. The fourth-order valence-corrected chi connectivity index (χ4v) is 4.69. The Labute approximate surface area is 165 Å². The third kappa shape index (κ3) is 3.11. The number of urea groups is 1. The Balaban J connectivity index is 1.49. The standard InChI is InChI=1S/C22H26FN3O2/c1-25(2)22(17-5-4-6-18(23)11-17)13-21(14-22)15-26(20(27)24-21)12-16-7-9-19(28-3)10-8-16/h4-11H,12-15H2,1-3H3,(H,24,27). The van der Waals surface area contributed by atoms with E-state index >= 15 is 0 Å². The summed E-state index contributed by atoms with van der Waals surface area (Å²) >= 11 is 0. The molecule has 5 nitrogen and oxygen atoms in total. The Hall–Kier alpha value is -2.60. The second-order valence-electron chi connectivity index (χ2n) is 8.20. The summed E-state index contributed by atoms with van der Waals surface area (Å²) in [7, 11) is 5.67. The minimum Gasteiger partial charge on any atom is -0.497 e. The van der Waals surface area contributed by atoms with Crippen molar-refractivity contribution in [1.29, 1.82) is 0 Å². The molecule has 148 valence electrons. The largest absolute Gasteiger partial charge is 0.497 e. The SMILES string of the molecule is COc1ccc(CN2CC3(CC(c4cccc(F)c4)(N(C)C)C3)NC2=O)cc1. The van der Waals surface area contributed by atoms with E-state index in [1.165, 1.54) is 6.07 Å². The fourth-order valence-electron chi connectivity index (χ4n) is 4.69.